The van der Waals surface area contributed by atoms with E-state index in [1.165, 1.54) is 0 Å². The third kappa shape index (κ3) is 4.15. The first-order valence-electron chi connectivity index (χ1n) is 8.35. The molecule has 0 aromatic heterocycles. The van der Waals surface area contributed by atoms with E-state index in [1.54, 1.807) is 12.1 Å². The topological polar surface area (TPSA) is 47.6 Å². The number of amides is 1. The fourth-order valence-corrected chi connectivity index (χ4v) is 2.76. The van der Waals surface area contributed by atoms with Gasteiger partial charge in [-0.25, -0.2) is 0 Å². The van der Waals surface area contributed by atoms with Gasteiger partial charge in [-0.2, -0.15) is 0 Å². The average Bonchev–Trinajstić information content (AvgIpc) is 3.10. The zero-order valence-electron chi connectivity index (χ0n) is 14.2. The number of aryl methyl sites for hydroxylation is 2. The van der Waals surface area contributed by atoms with Gasteiger partial charge in [0.2, 0.25) is 0 Å². The molecule has 0 aliphatic carbocycles. The molecule has 1 N–H and O–H groups in total. The maximum atomic E-state index is 12.5. The minimum absolute atomic E-state index is 0.133. The smallest absolute Gasteiger partial charge is 0.255 e. The van der Waals surface area contributed by atoms with Crippen LogP contribution in [0.25, 0.3) is 0 Å². The summed E-state index contributed by atoms with van der Waals surface area (Å²) in [4.78, 5) is 12.5. The highest BCUT2D eigenvalue weighted by Crippen LogP contribution is 2.20. The number of benzene rings is 2. The van der Waals surface area contributed by atoms with Crippen molar-refractivity contribution in [3.63, 3.8) is 0 Å². The van der Waals surface area contributed by atoms with Crippen LogP contribution in [0.2, 0.25) is 0 Å². The lowest BCUT2D eigenvalue weighted by Gasteiger charge is -2.13. The molecule has 1 aliphatic rings. The Labute approximate surface area is 142 Å². The molecule has 0 radical (unpaired) electrons. The normalized spacial score (nSPS) is 16.8. The molecule has 1 atom stereocenters. The monoisotopic (exact) mass is 325 g/mol. The molecule has 1 saturated heterocycles. The second-order valence-electron chi connectivity index (χ2n) is 6.25. The van der Waals surface area contributed by atoms with Crippen molar-refractivity contribution >= 4 is 11.6 Å². The maximum Gasteiger partial charge on any atom is 0.255 e. The minimum Gasteiger partial charge on any atom is -0.491 e. The summed E-state index contributed by atoms with van der Waals surface area (Å²) in [5.41, 5.74) is 3.58. The predicted molar refractivity (Wildman–Crippen MR) is 94.8 cm³/mol. The standard InChI is InChI=1S/C20H23NO3/c1-14-8-9-15(2)19(11-14)21-20(22)16-5-3-6-17(12-16)24-13-18-7-4-10-23-18/h3,5-6,8-9,11-12,18H,4,7,10,13H2,1-2H3,(H,21,22). The van der Waals surface area contributed by atoms with Gasteiger partial charge < -0.3 is 14.8 Å². The summed E-state index contributed by atoms with van der Waals surface area (Å²) in [6.07, 6.45) is 2.29. The van der Waals surface area contributed by atoms with Crippen molar-refractivity contribution in [2.45, 2.75) is 32.8 Å². The largest absolute Gasteiger partial charge is 0.491 e. The van der Waals surface area contributed by atoms with Gasteiger partial charge in [0.15, 0.2) is 0 Å². The van der Waals surface area contributed by atoms with Gasteiger partial charge in [0.25, 0.3) is 5.91 Å². The lowest BCUT2D eigenvalue weighted by atomic mass is 10.1. The molecule has 1 fully saturated rings. The van der Waals surface area contributed by atoms with Crippen molar-refractivity contribution in [2.75, 3.05) is 18.5 Å². The Hall–Kier alpha value is -2.33. The zero-order valence-corrected chi connectivity index (χ0v) is 14.2. The number of hydrogen-bond donors (Lipinski definition) is 1. The molecule has 4 nitrogen and oxygen atoms in total. The van der Waals surface area contributed by atoms with Crippen LogP contribution in [-0.4, -0.2) is 25.2 Å². The molecule has 2 aromatic rings. The number of ether oxygens (including phenoxy) is 2. The highest BCUT2D eigenvalue weighted by atomic mass is 16.5. The van der Waals surface area contributed by atoms with E-state index in [-0.39, 0.29) is 12.0 Å². The molecule has 3 rings (SSSR count). The van der Waals surface area contributed by atoms with Crippen molar-refractivity contribution in [3.8, 4) is 5.75 Å². The highest BCUT2D eigenvalue weighted by molar-refractivity contribution is 6.04. The fraction of sp³-hybridized carbons (Fsp3) is 0.350. The van der Waals surface area contributed by atoms with Crippen LogP contribution in [0.5, 0.6) is 5.75 Å². The maximum absolute atomic E-state index is 12.5. The van der Waals surface area contributed by atoms with Crippen LogP contribution in [0, 0.1) is 13.8 Å². The molecule has 0 spiro atoms. The Morgan fingerprint density at radius 2 is 2.12 bits per heavy atom. The van der Waals surface area contributed by atoms with Gasteiger partial charge in [0.05, 0.1) is 6.10 Å². The lowest BCUT2D eigenvalue weighted by molar-refractivity contribution is 0.0679. The molecule has 1 amide bonds. The molecule has 0 bridgehead atoms. The number of rotatable bonds is 5. The van der Waals surface area contributed by atoms with Gasteiger partial charge in [-0.1, -0.05) is 18.2 Å². The first kappa shape index (κ1) is 16.5. The molecule has 1 unspecified atom stereocenters. The molecule has 1 heterocycles. The summed E-state index contributed by atoms with van der Waals surface area (Å²) in [6.45, 7) is 5.33. The first-order chi connectivity index (χ1) is 11.6. The molecule has 126 valence electrons. The summed E-state index contributed by atoms with van der Waals surface area (Å²) in [5, 5.41) is 2.97. The fourth-order valence-electron chi connectivity index (χ4n) is 2.76. The van der Waals surface area contributed by atoms with E-state index >= 15 is 0 Å². The van der Waals surface area contributed by atoms with Crippen LogP contribution in [0.1, 0.15) is 34.3 Å². The summed E-state index contributed by atoms with van der Waals surface area (Å²) < 4.78 is 11.3. The van der Waals surface area contributed by atoms with E-state index in [1.807, 2.05) is 44.2 Å². The van der Waals surface area contributed by atoms with E-state index in [0.29, 0.717) is 17.9 Å². The van der Waals surface area contributed by atoms with Gasteiger partial charge in [-0.05, 0) is 62.1 Å². The Bertz CT molecular complexity index is 721. The number of carbonyl (C=O) groups is 1. The molecule has 0 saturated carbocycles. The van der Waals surface area contributed by atoms with Gasteiger partial charge in [-0.15, -0.1) is 0 Å². The minimum atomic E-state index is -0.133. The van der Waals surface area contributed by atoms with Crippen LogP contribution >= 0.6 is 0 Å². The number of anilines is 1. The van der Waals surface area contributed by atoms with Crippen LogP contribution in [-0.2, 0) is 4.74 Å². The van der Waals surface area contributed by atoms with E-state index in [9.17, 15) is 4.79 Å². The van der Waals surface area contributed by atoms with E-state index in [4.69, 9.17) is 9.47 Å². The molecule has 4 heteroatoms. The number of nitrogens with one attached hydrogen (secondary N) is 1. The quantitative estimate of drug-likeness (QED) is 0.900. The van der Waals surface area contributed by atoms with Crippen LogP contribution in [0.15, 0.2) is 42.5 Å². The zero-order chi connectivity index (χ0) is 16.9. The molecule has 24 heavy (non-hydrogen) atoms. The van der Waals surface area contributed by atoms with E-state index in [2.05, 4.69) is 5.32 Å². The van der Waals surface area contributed by atoms with Crippen LogP contribution in [0.4, 0.5) is 5.69 Å². The SMILES string of the molecule is Cc1ccc(C)c(NC(=O)c2cccc(OCC3CCCO3)c2)c1. The van der Waals surface area contributed by atoms with Crippen molar-refractivity contribution < 1.29 is 14.3 Å². The Morgan fingerprint density at radius 1 is 1.25 bits per heavy atom. The Morgan fingerprint density at radius 3 is 2.92 bits per heavy atom. The van der Waals surface area contributed by atoms with Crippen molar-refractivity contribution in [1.82, 2.24) is 0 Å². The molecular formula is C20H23NO3. The van der Waals surface area contributed by atoms with Gasteiger partial charge >= 0.3 is 0 Å². The summed E-state index contributed by atoms with van der Waals surface area (Å²) in [6, 6.07) is 13.3. The van der Waals surface area contributed by atoms with E-state index in [0.717, 1.165) is 36.3 Å². The Kier molecular flexibility index (Phi) is 5.16. The Balaban J connectivity index is 1.66. The summed E-state index contributed by atoms with van der Waals surface area (Å²) in [7, 11) is 0. The lowest BCUT2D eigenvalue weighted by Crippen LogP contribution is -2.17. The molecule has 2 aromatic carbocycles. The summed E-state index contributed by atoms with van der Waals surface area (Å²) in [5.74, 6) is 0.561. The third-order valence-electron chi connectivity index (χ3n) is 4.20. The average molecular weight is 325 g/mol. The van der Waals surface area contributed by atoms with Crippen LogP contribution < -0.4 is 10.1 Å². The number of carbonyl (C=O) groups excluding carboxylic acids is 1. The second kappa shape index (κ2) is 7.49. The second-order valence-corrected chi connectivity index (χ2v) is 6.25. The first-order valence-corrected chi connectivity index (χ1v) is 8.35. The van der Waals surface area contributed by atoms with E-state index < -0.39 is 0 Å². The molecular weight excluding hydrogens is 302 g/mol. The van der Waals surface area contributed by atoms with Gasteiger partial charge in [0, 0.05) is 17.9 Å². The summed E-state index contributed by atoms with van der Waals surface area (Å²) >= 11 is 0. The van der Waals surface area contributed by atoms with Gasteiger partial charge in [0.1, 0.15) is 12.4 Å². The predicted octanol–water partition coefficient (Wildman–Crippen LogP) is 4.11. The van der Waals surface area contributed by atoms with Crippen molar-refractivity contribution in [3.05, 3.63) is 59.2 Å². The van der Waals surface area contributed by atoms with Crippen molar-refractivity contribution in [1.29, 1.82) is 0 Å². The molecule has 1 aliphatic heterocycles. The van der Waals surface area contributed by atoms with Crippen molar-refractivity contribution in [2.24, 2.45) is 0 Å². The third-order valence-corrected chi connectivity index (χ3v) is 4.20. The highest BCUT2D eigenvalue weighted by Gasteiger charge is 2.16. The van der Waals surface area contributed by atoms with Gasteiger partial charge in [-0.3, -0.25) is 4.79 Å². The van der Waals surface area contributed by atoms with Crippen LogP contribution in [0.3, 0.4) is 0 Å². The number of hydrogen-bond acceptors (Lipinski definition) is 3.